The number of fused-ring (bicyclic) bond motifs is 1. The molecule has 2 aliphatic rings. The Balaban J connectivity index is 1.40. The van der Waals surface area contributed by atoms with Gasteiger partial charge in [0.2, 0.25) is 0 Å². The van der Waals surface area contributed by atoms with Gasteiger partial charge in [-0.3, -0.25) is 9.69 Å². The number of ether oxygens (including phenoxy) is 2. The first kappa shape index (κ1) is 19.8. The molecular formula is C24H30N2O3. The Bertz CT molecular complexity index is 857. The SMILES string of the molecule is C[C@H]1C[C@H](C)CN(Cc2ccccc2CNC(=O)c2ccc3c(c2)OCCO3)C1. The maximum atomic E-state index is 12.7. The summed E-state index contributed by atoms with van der Waals surface area (Å²) in [5.74, 6) is 2.71. The van der Waals surface area contributed by atoms with Crippen LogP contribution in [-0.2, 0) is 13.1 Å². The van der Waals surface area contributed by atoms with Crippen LogP contribution in [0.15, 0.2) is 42.5 Å². The van der Waals surface area contributed by atoms with Gasteiger partial charge in [-0.05, 0) is 47.6 Å². The molecule has 5 heteroatoms. The van der Waals surface area contributed by atoms with Crippen LogP contribution in [0.25, 0.3) is 0 Å². The number of likely N-dealkylation sites (tertiary alicyclic amines) is 1. The van der Waals surface area contributed by atoms with E-state index in [0.717, 1.165) is 31.5 Å². The van der Waals surface area contributed by atoms with Crippen molar-refractivity contribution in [2.24, 2.45) is 11.8 Å². The molecule has 4 rings (SSSR count). The fourth-order valence-electron chi connectivity index (χ4n) is 4.51. The summed E-state index contributed by atoms with van der Waals surface area (Å²) in [6, 6.07) is 13.7. The van der Waals surface area contributed by atoms with E-state index >= 15 is 0 Å². The van der Waals surface area contributed by atoms with Crippen molar-refractivity contribution in [1.29, 1.82) is 0 Å². The first-order valence-electron chi connectivity index (χ1n) is 10.6. The number of amides is 1. The molecule has 0 spiro atoms. The first-order valence-corrected chi connectivity index (χ1v) is 10.6. The Morgan fingerprint density at radius 1 is 1.00 bits per heavy atom. The van der Waals surface area contributed by atoms with Crippen molar-refractivity contribution in [3.8, 4) is 11.5 Å². The normalized spacial score (nSPS) is 21.6. The molecule has 1 saturated heterocycles. The molecule has 0 saturated carbocycles. The third kappa shape index (κ3) is 4.91. The second-order valence-electron chi connectivity index (χ2n) is 8.45. The number of nitrogens with one attached hydrogen (secondary N) is 1. The summed E-state index contributed by atoms with van der Waals surface area (Å²) in [5, 5.41) is 3.06. The molecule has 0 radical (unpaired) electrons. The predicted octanol–water partition coefficient (Wildman–Crippen LogP) is 3.87. The molecule has 2 atom stereocenters. The largest absolute Gasteiger partial charge is 0.486 e. The van der Waals surface area contributed by atoms with E-state index in [1.807, 2.05) is 6.07 Å². The van der Waals surface area contributed by atoms with E-state index < -0.39 is 0 Å². The summed E-state index contributed by atoms with van der Waals surface area (Å²) in [6.45, 7) is 9.46. The van der Waals surface area contributed by atoms with E-state index in [-0.39, 0.29) is 5.91 Å². The molecule has 154 valence electrons. The van der Waals surface area contributed by atoms with Gasteiger partial charge in [0.1, 0.15) is 13.2 Å². The Hall–Kier alpha value is -2.53. The summed E-state index contributed by atoms with van der Waals surface area (Å²) < 4.78 is 11.1. The minimum absolute atomic E-state index is 0.100. The van der Waals surface area contributed by atoms with E-state index in [1.165, 1.54) is 17.5 Å². The number of hydrogen-bond donors (Lipinski definition) is 1. The van der Waals surface area contributed by atoms with Crippen molar-refractivity contribution in [2.45, 2.75) is 33.4 Å². The van der Waals surface area contributed by atoms with E-state index in [0.29, 0.717) is 36.8 Å². The number of carbonyl (C=O) groups is 1. The molecule has 0 unspecified atom stereocenters. The van der Waals surface area contributed by atoms with Crippen molar-refractivity contribution >= 4 is 5.91 Å². The number of hydrogen-bond acceptors (Lipinski definition) is 4. The second-order valence-corrected chi connectivity index (χ2v) is 8.45. The van der Waals surface area contributed by atoms with Gasteiger partial charge in [0.05, 0.1) is 0 Å². The zero-order chi connectivity index (χ0) is 20.2. The quantitative estimate of drug-likeness (QED) is 0.837. The maximum absolute atomic E-state index is 12.7. The average molecular weight is 395 g/mol. The number of carbonyl (C=O) groups excluding carboxylic acids is 1. The molecule has 1 amide bonds. The van der Waals surface area contributed by atoms with Crippen LogP contribution in [0, 0.1) is 11.8 Å². The van der Waals surface area contributed by atoms with Crippen LogP contribution in [0.3, 0.4) is 0 Å². The highest BCUT2D eigenvalue weighted by atomic mass is 16.6. The van der Waals surface area contributed by atoms with Crippen LogP contribution in [-0.4, -0.2) is 37.1 Å². The lowest BCUT2D eigenvalue weighted by atomic mass is 9.91. The zero-order valence-electron chi connectivity index (χ0n) is 17.3. The van der Waals surface area contributed by atoms with Crippen molar-refractivity contribution in [2.75, 3.05) is 26.3 Å². The molecule has 0 aliphatic carbocycles. The van der Waals surface area contributed by atoms with E-state index in [4.69, 9.17) is 9.47 Å². The molecule has 0 bridgehead atoms. The van der Waals surface area contributed by atoms with Gasteiger partial charge >= 0.3 is 0 Å². The summed E-state index contributed by atoms with van der Waals surface area (Å²) in [6.07, 6.45) is 1.31. The molecule has 29 heavy (non-hydrogen) atoms. The highest BCUT2D eigenvalue weighted by Crippen LogP contribution is 2.30. The van der Waals surface area contributed by atoms with Gasteiger partial charge in [0.15, 0.2) is 11.5 Å². The number of nitrogens with zero attached hydrogens (tertiary/aromatic N) is 1. The minimum atomic E-state index is -0.100. The Morgan fingerprint density at radius 3 is 2.45 bits per heavy atom. The number of rotatable bonds is 5. The summed E-state index contributed by atoms with van der Waals surface area (Å²) >= 11 is 0. The first-order chi connectivity index (χ1) is 14.1. The molecule has 2 aromatic rings. The van der Waals surface area contributed by atoms with Crippen LogP contribution in [0.2, 0.25) is 0 Å². The van der Waals surface area contributed by atoms with Crippen molar-refractivity contribution in [1.82, 2.24) is 10.2 Å². The predicted molar refractivity (Wildman–Crippen MR) is 113 cm³/mol. The van der Waals surface area contributed by atoms with Crippen LogP contribution in [0.1, 0.15) is 41.8 Å². The van der Waals surface area contributed by atoms with E-state index in [2.05, 4.69) is 42.3 Å². The summed E-state index contributed by atoms with van der Waals surface area (Å²) in [7, 11) is 0. The third-order valence-corrected chi connectivity index (χ3v) is 5.70. The van der Waals surface area contributed by atoms with Gasteiger partial charge in [-0.25, -0.2) is 0 Å². The average Bonchev–Trinajstić information content (AvgIpc) is 2.72. The molecule has 2 heterocycles. The van der Waals surface area contributed by atoms with Gasteiger partial charge < -0.3 is 14.8 Å². The lowest BCUT2D eigenvalue weighted by Crippen LogP contribution is -2.38. The Kier molecular flexibility index (Phi) is 6.05. The van der Waals surface area contributed by atoms with Gasteiger partial charge in [-0.2, -0.15) is 0 Å². The number of piperidine rings is 1. The molecule has 1 N–H and O–H groups in total. The minimum Gasteiger partial charge on any atom is -0.486 e. The maximum Gasteiger partial charge on any atom is 0.251 e. The monoisotopic (exact) mass is 394 g/mol. The van der Waals surface area contributed by atoms with E-state index in [9.17, 15) is 4.79 Å². The lowest BCUT2D eigenvalue weighted by molar-refractivity contribution is 0.0949. The number of benzene rings is 2. The van der Waals surface area contributed by atoms with Crippen LogP contribution >= 0.6 is 0 Å². The van der Waals surface area contributed by atoms with Crippen molar-refractivity contribution in [3.63, 3.8) is 0 Å². The standard InChI is InChI=1S/C24H30N2O3/c1-17-11-18(2)15-26(14-17)16-21-6-4-3-5-20(21)13-25-24(27)19-7-8-22-23(12-19)29-10-9-28-22/h3-8,12,17-18H,9-11,13-16H2,1-2H3,(H,25,27)/t17-,18-/m0/s1. The smallest absolute Gasteiger partial charge is 0.251 e. The molecule has 2 aliphatic heterocycles. The molecule has 2 aromatic carbocycles. The molecule has 1 fully saturated rings. The van der Waals surface area contributed by atoms with Gasteiger partial charge in [-0.1, -0.05) is 38.1 Å². The van der Waals surface area contributed by atoms with Gasteiger partial charge in [-0.15, -0.1) is 0 Å². The second kappa shape index (κ2) is 8.87. The van der Waals surface area contributed by atoms with E-state index in [1.54, 1.807) is 18.2 Å². The van der Waals surface area contributed by atoms with Crippen LogP contribution in [0.5, 0.6) is 11.5 Å². The highest BCUT2D eigenvalue weighted by Gasteiger charge is 2.22. The van der Waals surface area contributed by atoms with Crippen molar-refractivity contribution in [3.05, 3.63) is 59.2 Å². The Labute approximate surface area is 173 Å². The van der Waals surface area contributed by atoms with Crippen LogP contribution in [0.4, 0.5) is 0 Å². The summed E-state index contributed by atoms with van der Waals surface area (Å²) in [5.41, 5.74) is 3.05. The zero-order valence-corrected chi connectivity index (χ0v) is 17.3. The van der Waals surface area contributed by atoms with Gasteiger partial charge in [0.25, 0.3) is 5.91 Å². The topological polar surface area (TPSA) is 50.8 Å². The lowest BCUT2D eigenvalue weighted by Gasteiger charge is -2.35. The fourth-order valence-corrected chi connectivity index (χ4v) is 4.51. The van der Waals surface area contributed by atoms with Gasteiger partial charge in [0, 0.05) is 31.7 Å². The molecule has 0 aromatic heterocycles. The fraction of sp³-hybridized carbons (Fsp3) is 0.458. The Morgan fingerprint density at radius 2 is 1.69 bits per heavy atom. The molecule has 5 nitrogen and oxygen atoms in total. The van der Waals surface area contributed by atoms with Crippen molar-refractivity contribution < 1.29 is 14.3 Å². The highest BCUT2D eigenvalue weighted by molar-refractivity contribution is 5.94. The third-order valence-electron chi connectivity index (χ3n) is 5.70. The van der Waals surface area contributed by atoms with Crippen LogP contribution < -0.4 is 14.8 Å². The summed E-state index contributed by atoms with van der Waals surface area (Å²) in [4.78, 5) is 15.2. The molecular weight excluding hydrogens is 364 g/mol.